The third kappa shape index (κ3) is 4.71. The highest BCUT2D eigenvalue weighted by Crippen LogP contribution is 2.22. The van der Waals surface area contributed by atoms with Crippen molar-refractivity contribution in [3.8, 4) is 0 Å². The van der Waals surface area contributed by atoms with Crippen LogP contribution >= 0.6 is 11.3 Å². The highest BCUT2D eigenvalue weighted by molar-refractivity contribution is 7.92. The number of rotatable bonds is 6. The lowest BCUT2D eigenvalue weighted by molar-refractivity contribution is 0.604. The Labute approximate surface area is 128 Å². The first kappa shape index (κ1) is 15.8. The summed E-state index contributed by atoms with van der Waals surface area (Å²) in [6, 6.07) is 8.41. The van der Waals surface area contributed by atoms with Crippen molar-refractivity contribution in [3.05, 3.63) is 45.9 Å². The van der Waals surface area contributed by atoms with E-state index in [-0.39, 0.29) is 5.69 Å². The Morgan fingerprint density at radius 1 is 1.19 bits per heavy atom. The third-order valence-corrected chi connectivity index (χ3v) is 4.61. The van der Waals surface area contributed by atoms with Gasteiger partial charge in [-0.15, -0.1) is 11.3 Å². The predicted octanol–water partition coefficient (Wildman–Crippen LogP) is 3.43. The summed E-state index contributed by atoms with van der Waals surface area (Å²) < 4.78 is 38.1. The van der Waals surface area contributed by atoms with Gasteiger partial charge in [-0.05, 0) is 36.8 Å². The summed E-state index contributed by atoms with van der Waals surface area (Å²) in [6.07, 6.45) is 1.99. The number of sulfonamides is 1. The molecule has 0 saturated carbocycles. The Morgan fingerprint density at radius 2 is 1.90 bits per heavy atom. The zero-order valence-corrected chi connectivity index (χ0v) is 13.4. The quantitative estimate of drug-likeness (QED) is 0.854. The summed E-state index contributed by atoms with van der Waals surface area (Å²) in [4.78, 5) is 2.49. The van der Waals surface area contributed by atoms with Crippen LogP contribution in [0.2, 0.25) is 0 Å². The highest BCUT2D eigenvalue weighted by Gasteiger charge is 2.08. The van der Waals surface area contributed by atoms with Crippen LogP contribution < -0.4 is 10.0 Å². The molecule has 0 aliphatic heterocycles. The lowest BCUT2D eigenvalue weighted by Gasteiger charge is -2.09. The number of thiophene rings is 1. The summed E-state index contributed by atoms with van der Waals surface area (Å²) >= 11 is 1.72. The normalized spacial score (nSPS) is 11.4. The van der Waals surface area contributed by atoms with E-state index in [1.165, 1.54) is 21.9 Å². The predicted molar refractivity (Wildman–Crippen MR) is 85.9 cm³/mol. The van der Waals surface area contributed by atoms with Crippen LogP contribution in [-0.4, -0.2) is 14.7 Å². The summed E-state index contributed by atoms with van der Waals surface area (Å²) in [7, 11) is -3.50. The van der Waals surface area contributed by atoms with Crippen molar-refractivity contribution >= 4 is 32.7 Å². The molecular weight excluding hydrogens is 311 g/mol. The molecule has 0 amide bonds. The molecule has 2 rings (SSSR count). The standard InChI is InChI=1S/C14H17FN2O2S2/c1-3-11-5-6-12(20-11)9-16-10-4-7-13(15)14(8-10)17-21(2,18)19/h4-8,16-17H,3,9H2,1-2H3. The average molecular weight is 328 g/mol. The van der Waals surface area contributed by atoms with Crippen LogP contribution in [0.25, 0.3) is 0 Å². The Kier molecular flexibility index (Phi) is 4.84. The van der Waals surface area contributed by atoms with Crippen LogP contribution in [0.3, 0.4) is 0 Å². The molecule has 7 heteroatoms. The van der Waals surface area contributed by atoms with Gasteiger partial charge in [-0.1, -0.05) is 6.92 Å². The number of hydrogen-bond donors (Lipinski definition) is 2. The van der Waals surface area contributed by atoms with Gasteiger partial charge in [0.15, 0.2) is 0 Å². The number of anilines is 2. The van der Waals surface area contributed by atoms with Crippen LogP contribution in [0, 0.1) is 5.82 Å². The Morgan fingerprint density at radius 3 is 2.52 bits per heavy atom. The number of aryl methyl sites for hydroxylation is 1. The largest absolute Gasteiger partial charge is 0.380 e. The van der Waals surface area contributed by atoms with Crippen LogP contribution in [0.5, 0.6) is 0 Å². The van der Waals surface area contributed by atoms with Gasteiger partial charge < -0.3 is 5.32 Å². The number of hydrogen-bond acceptors (Lipinski definition) is 4. The maximum Gasteiger partial charge on any atom is 0.229 e. The van der Waals surface area contributed by atoms with Crippen molar-refractivity contribution in [2.24, 2.45) is 0 Å². The van der Waals surface area contributed by atoms with Crippen LogP contribution in [-0.2, 0) is 23.0 Å². The molecule has 0 spiro atoms. The molecule has 0 fully saturated rings. The van der Waals surface area contributed by atoms with E-state index < -0.39 is 15.8 Å². The zero-order chi connectivity index (χ0) is 15.5. The minimum atomic E-state index is -3.50. The topological polar surface area (TPSA) is 58.2 Å². The molecule has 1 aromatic heterocycles. The molecule has 1 aromatic carbocycles. The maximum absolute atomic E-state index is 13.6. The van der Waals surface area contributed by atoms with Gasteiger partial charge >= 0.3 is 0 Å². The maximum atomic E-state index is 13.6. The number of benzene rings is 1. The molecule has 0 atom stereocenters. The van der Waals surface area contributed by atoms with Gasteiger partial charge in [0, 0.05) is 22.0 Å². The molecule has 4 nitrogen and oxygen atoms in total. The fraction of sp³-hybridized carbons (Fsp3) is 0.286. The number of nitrogens with one attached hydrogen (secondary N) is 2. The van der Waals surface area contributed by atoms with Crippen molar-refractivity contribution < 1.29 is 12.8 Å². The third-order valence-electron chi connectivity index (χ3n) is 2.79. The smallest absolute Gasteiger partial charge is 0.229 e. The first-order chi connectivity index (χ1) is 9.87. The van der Waals surface area contributed by atoms with Gasteiger partial charge in [0.1, 0.15) is 5.82 Å². The minimum absolute atomic E-state index is 0.0528. The molecule has 0 aliphatic carbocycles. The highest BCUT2D eigenvalue weighted by atomic mass is 32.2. The summed E-state index contributed by atoms with van der Waals surface area (Å²) in [6.45, 7) is 2.72. The van der Waals surface area contributed by atoms with E-state index in [1.54, 1.807) is 17.4 Å². The van der Waals surface area contributed by atoms with Gasteiger partial charge in [-0.2, -0.15) is 0 Å². The van der Waals surface area contributed by atoms with E-state index in [2.05, 4.69) is 29.1 Å². The zero-order valence-electron chi connectivity index (χ0n) is 11.8. The molecule has 2 aromatic rings. The summed E-state index contributed by atoms with van der Waals surface area (Å²) in [5, 5.41) is 3.16. The monoisotopic (exact) mass is 328 g/mol. The Hall–Kier alpha value is -1.60. The van der Waals surface area contributed by atoms with Gasteiger partial charge in [0.25, 0.3) is 0 Å². The molecule has 21 heavy (non-hydrogen) atoms. The van der Waals surface area contributed by atoms with E-state index in [4.69, 9.17) is 0 Å². The molecule has 0 unspecified atom stereocenters. The summed E-state index contributed by atoms with van der Waals surface area (Å²) in [5.74, 6) is -0.602. The van der Waals surface area contributed by atoms with Gasteiger partial charge in [0.05, 0.1) is 11.9 Å². The molecule has 0 bridgehead atoms. The van der Waals surface area contributed by atoms with Crippen molar-refractivity contribution in [1.82, 2.24) is 0 Å². The van der Waals surface area contributed by atoms with Gasteiger partial charge in [-0.3, -0.25) is 4.72 Å². The van der Waals surface area contributed by atoms with E-state index in [1.807, 2.05) is 0 Å². The second-order valence-corrected chi connectivity index (χ2v) is 7.65. The van der Waals surface area contributed by atoms with E-state index in [0.29, 0.717) is 12.2 Å². The average Bonchev–Trinajstić information content (AvgIpc) is 2.86. The lowest BCUT2D eigenvalue weighted by atomic mass is 10.2. The van der Waals surface area contributed by atoms with Crippen LogP contribution in [0.4, 0.5) is 15.8 Å². The Balaban J connectivity index is 2.08. The fourth-order valence-corrected chi connectivity index (χ4v) is 3.26. The molecular formula is C14H17FN2O2S2. The lowest BCUT2D eigenvalue weighted by Crippen LogP contribution is -2.11. The molecule has 2 N–H and O–H groups in total. The molecule has 0 radical (unpaired) electrons. The number of halogens is 1. The fourth-order valence-electron chi connectivity index (χ4n) is 1.81. The van der Waals surface area contributed by atoms with Gasteiger partial charge in [0.2, 0.25) is 10.0 Å². The van der Waals surface area contributed by atoms with Crippen molar-refractivity contribution in [1.29, 1.82) is 0 Å². The molecule has 114 valence electrons. The van der Waals surface area contributed by atoms with Gasteiger partial charge in [-0.25, -0.2) is 12.8 Å². The van der Waals surface area contributed by atoms with Crippen molar-refractivity contribution in [2.45, 2.75) is 19.9 Å². The van der Waals surface area contributed by atoms with E-state index in [0.717, 1.165) is 12.7 Å². The summed E-state index contributed by atoms with van der Waals surface area (Å²) in [5.41, 5.74) is 0.608. The van der Waals surface area contributed by atoms with E-state index in [9.17, 15) is 12.8 Å². The molecule has 1 heterocycles. The van der Waals surface area contributed by atoms with Crippen molar-refractivity contribution in [2.75, 3.05) is 16.3 Å². The first-order valence-corrected chi connectivity index (χ1v) is 9.17. The molecule has 0 saturated heterocycles. The Bertz CT molecular complexity index is 726. The molecule has 0 aliphatic rings. The second kappa shape index (κ2) is 6.44. The van der Waals surface area contributed by atoms with Crippen molar-refractivity contribution in [3.63, 3.8) is 0 Å². The SMILES string of the molecule is CCc1ccc(CNc2ccc(F)c(NS(C)(=O)=O)c2)s1. The first-order valence-electron chi connectivity index (χ1n) is 6.46. The second-order valence-electron chi connectivity index (χ2n) is 4.64. The van der Waals surface area contributed by atoms with E-state index >= 15 is 0 Å². The van der Waals surface area contributed by atoms with Crippen LogP contribution in [0.1, 0.15) is 16.7 Å². The van der Waals surface area contributed by atoms with Crippen LogP contribution in [0.15, 0.2) is 30.3 Å². The minimum Gasteiger partial charge on any atom is -0.380 e.